The molecule has 1 aliphatic heterocycles. The van der Waals surface area contributed by atoms with E-state index in [0.717, 1.165) is 30.9 Å². The van der Waals surface area contributed by atoms with Crippen molar-refractivity contribution in [1.82, 2.24) is 14.8 Å². The average molecular weight is 377 g/mol. The number of aromatic nitrogens is 1. The van der Waals surface area contributed by atoms with Crippen LogP contribution in [0.3, 0.4) is 0 Å². The van der Waals surface area contributed by atoms with Gasteiger partial charge in [-0.05, 0) is 39.0 Å². The van der Waals surface area contributed by atoms with Crippen molar-refractivity contribution in [2.24, 2.45) is 0 Å². The largest absolute Gasteiger partial charge is 0.378 e. The van der Waals surface area contributed by atoms with Gasteiger partial charge in [0.25, 0.3) is 5.91 Å². The first-order valence-electron chi connectivity index (χ1n) is 8.74. The van der Waals surface area contributed by atoms with Gasteiger partial charge in [0.2, 0.25) is 0 Å². The smallest absolute Gasteiger partial charge is 0.273 e. The fourth-order valence-corrected chi connectivity index (χ4v) is 3.97. The van der Waals surface area contributed by atoms with Gasteiger partial charge in [0, 0.05) is 30.6 Å². The molecule has 1 aliphatic rings. The minimum Gasteiger partial charge on any atom is -0.378 e. The number of rotatable bonds is 6. The van der Waals surface area contributed by atoms with E-state index in [4.69, 9.17) is 4.74 Å². The number of carbonyl (C=O) groups excluding carboxylic acids is 1. The number of methoxy groups -OCH3 is 1. The number of hydrogen-bond acceptors (Lipinski definition) is 5. The van der Waals surface area contributed by atoms with Gasteiger partial charge in [0.1, 0.15) is 16.5 Å². The second-order valence-corrected chi connectivity index (χ2v) is 7.56. The van der Waals surface area contributed by atoms with Crippen LogP contribution in [0.1, 0.15) is 33.9 Å². The highest BCUT2D eigenvalue weighted by molar-refractivity contribution is 7.09. The quantitative estimate of drug-likeness (QED) is 0.776. The van der Waals surface area contributed by atoms with Crippen LogP contribution in [-0.4, -0.2) is 54.0 Å². The highest BCUT2D eigenvalue weighted by Crippen LogP contribution is 2.23. The Morgan fingerprint density at radius 2 is 2.12 bits per heavy atom. The van der Waals surface area contributed by atoms with Crippen LogP contribution < -0.4 is 0 Å². The summed E-state index contributed by atoms with van der Waals surface area (Å²) in [5.41, 5.74) is 0.949. The van der Waals surface area contributed by atoms with Crippen LogP contribution in [0.4, 0.5) is 4.39 Å². The van der Waals surface area contributed by atoms with Crippen molar-refractivity contribution in [2.75, 3.05) is 27.2 Å². The van der Waals surface area contributed by atoms with Crippen molar-refractivity contribution in [3.63, 3.8) is 0 Å². The molecule has 1 saturated heterocycles. The van der Waals surface area contributed by atoms with Crippen LogP contribution in [-0.2, 0) is 17.9 Å². The molecule has 5 nitrogen and oxygen atoms in total. The van der Waals surface area contributed by atoms with E-state index in [0.29, 0.717) is 17.9 Å². The zero-order valence-corrected chi connectivity index (χ0v) is 16.0. The third-order valence-corrected chi connectivity index (χ3v) is 5.55. The van der Waals surface area contributed by atoms with E-state index in [1.807, 2.05) is 0 Å². The van der Waals surface area contributed by atoms with E-state index in [1.54, 1.807) is 35.6 Å². The molecule has 7 heteroatoms. The third kappa shape index (κ3) is 4.47. The Morgan fingerprint density at radius 1 is 1.38 bits per heavy atom. The van der Waals surface area contributed by atoms with Crippen molar-refractivity contribution >= 4 is 17.2 Å². The summed E-state index contributed by atoms with van der Waals surface area (Å²) in [4.78, 5) is 21.6. The van der Waals surface area contributed by atoms with Crippen molar-refractivity contribution in [1.29, 1.82) is 0 Å². The molecule has 0 radical (unpaired) electrons. The fourth-order valence-electron chi connectivity index (χ4n) is 3.23. The molecule has 3 rings (SSSR count). The second-order valence-electron chi connectivity index (χ2n) is 6.62. The number of ether oxygens (including phenoxy) is 1. The number of halogens is 1. The van der Waals surface area contributed by atoms with E-state index in [2.05, 4.69) is 16.9 Å². The van der Waals surface area contributed by atoms with Crippen molar-refractivity contribution in [3.8, 4) is 0 Å². The Labute approximate surface area is 157 Å². The van der Waals surface area contributed by atoms with Crippen LogP contribution in [0, 0.1) is 5.82 Å². The Bertz CT molecular complexity index is 744. The minimum atomic E-state index is -0.281. The molecule has 0 unspecified atom stereocenters. The van der Waals surface area contributed by atoms with Crippen LogP contribution in [0.15, 0.2) is 29.6 Å². The van der Waals surface area contributed by atoms with Gasteiger partial charge in [-0.3, -0.25) is 4.79 Å². The van der Waals surface area contributed by atoms with Crippen molar-refractivity contribution in [2.45, 2.75) is 32.0 Å². The van der Waals surface area contributed by atoms with E-state index in [9.17, 15) is 9.18 Å². The van der Waals surface area contributed by atoms with Gasteiger partial charge in [-0.15, -0.1) is 11.3 Å². The topological polar surface area (TPSA) is 45.7 Å². The van der Waals surface area contributed by atoms with Crippen LogP contribution in [0.25, 0.3) is 0 Å². The summed E-state index contributed by atoms with van der Waals surface area (Å²) in [6.07, 6.45) is 1.76. The molecule has 0 bridgehead atoms. The van der Waals surface area contributed by atoms with Gasteiger partial charge in [-0.2, -0.15) is 0 Å². The number of benzene rings is 1. The molecule has 1 fully saturated rings. The molecular weight excluding hydrogens is 353 g/mol. The van der Waals surface area contributed by atoms with E-state index in [1.165, 1.54) is 17.4 Å². The SMILES string of the molecule is COCc1nc(C(=O)N(Cc2ccccc2F)C2CCN(C)CC2)cs1. The van der Waals surface area contributed by atoms with Crippen molar-refractivity contribution in [3.05, 3.63) is 51.7 Å². The molecule has 0 spiro atoms. The number of thiazole rings is 1. The fraction of sp³-hybridized carbons (Fsp3) is 0.474. The lowest BCUT2D eigenvalue weighted by molar-refractivity contribution is 0.0561. The average Bonchev–Trinajstić information content (AvgIpc) is 3.10. The van der Waals surface area contributed by atoms with E-state index >= 15 is 0 Å². The number of amides is 1. The van der Waals surface area contributed by atoms with Gasteiger partial charge >= 0.3 is 0 Å². The maximum atomic E-state index is 14.2. The maximum absolute atomic E-state index is 14.2. The Kier molecular flexibility index (Phi) is 6.34. The van der Waals surface area contributed by atoms with Crippen LogP contribution in [0.5, 0.6) is 0 Å². The Balaban J connectivity index is 1.83. The molecule has 140 valence electrons. The third-order valence-electron chi connectivity index (χ3n) is 4.73. The number of hydrogen-bond donors (Lipinski definition) is 0. The summed E-state index contributed by atoms with van der Waals surface area (Å²) in [5.74, 6) is -0.419. The standard InChI is InChI=1S/C19H24FN3O2S/c1-22-9-7-15(8-10-22)23(11-14-5-3-4-6-16(14)20)19(24)17-13-26-18(21-17)12-25-2/h3-6,13,15H,7-12H2,1-2H3. The minimum absolute atomic E-state index is 0.0888. The number of carbonyl (C=O) groups is 1. The second kappa shape index (κ2) is 8.70. The van der Waals surface area contributed by atoms with Gasteiger partial charge < -0.3 is 14.5 Å². The summed E-state index contributed by atoms with van der Waals surface area (Å²) in [6.45, 7) is 2.51. The molecule has 1 aromatic carbocycles. The predicted molar refractivity (Wildman–Crippen MR) is 99.6 cm³/mol. The van der Waals surface area contributed by atoms with E-state index < -0.39 is 0 Å². The Morgan fingerprint density at radius 3 is 2.81 bits per heavy atom. The Hall–Kier alpha value is -1.83. The summed E-state index contributed by atoms with van der Waals surface area (Å²) in [6, 6.07) is 6.73. The zero-order chi connectivity index (χ0) is 18.5. The van der Waals surface area contributed by atoms with Crippen molar-refractivity contribution < 1.29 is 13.9 Å². The van der Waals surface area contributed by atoms with Gasteiger partial charge in [0.05, 0.1) is 6.61 Å². The summed E-state index contributed by atoms with van der Waals surface area (Å²) >= 11 is 1.41. The lowest BCUT2D eigenvalue weighted by atomic mass is 10.0. The number of piperidine rings is 1. The molecule has 0 saturated carbocycles. The molecule has 0 aliphatic carbocycles. The van der Waals surface area contributed by atoms with Gasteiger partial charge in [0.15, 0.2) is 0 Å². The number of likely N-dealkylation sites (tertiary alicyclic amines) is 1. The molecule has 0 atom stereocenters. The predicted octanol–water partition coefficient (Wildman–Crippen LogP) is 3.17. The van der Waals surface area contributed by atoms with Crippen LogP contribution in [0.2, 0.25) is 0 Å². The normalized spacial score (nSPS) is 16.0. The van der Waals surface area contributed by atoms with Gasteiger partial charge in [-0.1, -0.05) is 18.2 Å². The highest BCUT2D eigenvalue weighted by Gasteiger charge is 2.29. The molecule has 2 heterocycles. The van der Waals surface area contributed by atoms with E-state index in [-0.39, 0.29) is 24.3 Å². The molecular formula is C19H24FN3O2S. The lowest BCUT2D eigenvalue weighted by Gasteiger charge is -2.37. The lowest BCUT2D eigenvalue weighted by Crippen LogP contribution is -2.46. The van der Waals surface area contributed by atoms with Crippen LogP contribution >= 0.6 is 11.3 Å². The molecule has 26 heavy (non-hydrogen) atoms. The first kappa shape index (κ1) is 18.9. The molecule has 2 aromatic rings. The molecule has 1 aromatic heterocycles. The summed E-state index contributed by atoms with van der Waals surface area (Å²) in [7, 11) is 3.68. The maximum Gasteiger partial charge on any atom is 0.273 e. The number of nitrogens with zero attached hydrogens (tertiary/aromatic N) is 3. The molecule has 1 amide bonds. The first-order chi connectivity index (χ1) is 12.6. The zero-order valence-electron chi connectivity index (χ0n) is 15.2. The highest BCUT2D eigenvalue weighted by atomic mass is 32.1. The summed E-state index contributed by atoms with van der Waals surface area (Å²) in [5, 5.41) is 2.53. The summed E-state index contributed by atoms with van der Waals surface area (Å²) < 4.78 is 19.3. The van der Waals surface area contributed by atoms with Gasteiger partial charge in [-0.25, -0.2) is 9.37 Å². The molecule has 0 N–H and O–H groups in total. The monoisotopic (exact) mass is 377 g/mol. The first-order valence-corrected chi connectivity index (χ1v) is 9.62.